The van der Waals surface area contributed by atoms with Crippen LogP contribution in [0.2, 0.25) is 0 Å². The van der Waals surface area contributed by atoms with E-state index in [9.17, 15) is 9.59 Å². The molecule has 0 aromatic heterocycles. The SMILES string of the molecule is CCOC(=O)C1=C(C(=O)OCC)SC(=C2C(=S)C(C)(C)Nc3cc(C)ccc32)S1. The maximum Gasteiger partial charge on any atom is 0.346 e. The number of anilines is 1. The van der Waals surface area contributed by atoms with Crippen molar-refractivity contribution in [2.24, 2.45) is 0 Å². The number of carbonyl (C=O) groups is 2. The summed E-state index contributed by atoms with van der Waals surface area (Å²) in [6.07, 6.45) is 0. The van der Waals surface area contributed by atoms with Crippen molar-refractivity contribution < 1.29 is 19.1 Å². The number of thiocarbonyl (C=S) groups is 1. The molecule has 0 aliphatic carbocycles. The second-order valence-electron chi connectivity index (χ2n) is 7.09. The summed E-state index contributed by atoms with van der Waals surface area (Å²) in [4.78, 5) is 26.2. The lowest BCUT2D eigenvalue weighted by atomic mass is 9.85. The van der Waals surface area contributed by atoms with E-state index in [0.29, 0.717) is 0 Å². The molecule has 29 heavy (non-hydrogen) atoms. The van der Waals surface area contributed by atoms with Crippen molar-refractivity contribution in [3.8, 4) is 0 Å². The molecule has 0 saturated carbocycles. The van der Waals surface area contributed by atoms with Gasteiger partial charge in [-0.15, -0.1) is 0 Å². The number of hydrogen-bond donors (Lipinski definition) is 1. The lowest BCUT2D eigenvalue weighted by Gasteiger charge is -2.37. The number of rotatable bonds is 4. The number of fused-ring (bicyclic) bond motifs is 1. The lowest BCUT2D eigenvalue weighted by molar-refractivity contribution is -0.140. The van der Waals surface area contributed by atoms with Gasteiger partial charge in [-0.1, -0.05) is 47.9 Å². The molecule has 3 rings (SSSR count). The van der Waals surface area contributed by atoms with E-state index in [1.54, 1.807) is 13.8 Å². The minimum atomic E-state index is -0.521. The van der Waals surface area contributed by atoms with Gasteiger partial charge in [0.2, 0.25) is 0 Å². The van der Waals surface area contributed by atoms with Gasteiger partial charge in [0, 0.05) is 21.7 Å². The fourth-order valence-corrected chi connectivity index (χ4v) is 6.02. The molecule has 1 aromatic rings. The fourth-order valence-electron chi connectivity index (χ4n) is 3.07. The minimum Gasteiger partial charge on any atom is -0.462 e. The number of benzene rings is 1. The molecule has 0 atom stereocenters. The Kier molecular flexibility index (Phi) is 6.45. The Balaban J connectivity index is 2.13. The van der Waals surface area contributed by atoms with Crippen molar-refractivity contribution >= 4 is 63.8 Å². The molecule has 0 saturated heterocycles. The van der Waals surface area contributed by atoms with Gasteiger partial charge in [0.05, 0.1) is 23.0 Å². The highest BCUT2D eigenvalue weighted by Crippen LogP contribution is 2.55. The van der Waals surface area contributed by atoms with Gasteiger partial charge in [-0.05, 0) is 46.2 Å². The largest absolute Gasteiger partial charge is 0.462 e. The van der Waals surface area contributed by atoms with Gasteiger partial charge in [0.15, 0.2) is 0 Å². The maximum absolute atomic E-state index is 12.5. The van der Waals surface area contributed by atoms with Gasteiger partial charge in [0.1, 0.15) is 9.81 Å². The molecule has 0 fully saturated rings. The average Bonchev–Trinajstić information content (AvgIpc) is 3.08. The van der Waals surface area contributed by atoms with Gasteiger partial charge in [0.25, 0.3) is 0 Å². The standard InChI is InChI=1S/C21H23NO4S3/c1-6-25-18(23)15-16(19(24)26-7-2)29-20(28-15)14-12-9-8-11(3)10-13(12)22-21(4,5)17(14)27/h8-10,22H,6-7H2,1-5H3. The molecule has 0 unspecified atom stereocenters. The van der Waals surface area contributed by atoms with Crippen molar-refractivity contribution in [1.82, 2.24) is 0 Å². The molecule has 1 aromatic carbocycles. The molecule has 1 N–H and O–H groups in total. The van der Waals surface area contributed by atoms with Crippen molar-refractivity contribution in [3.05, 3.63) is 43.4 Å². The Morgan fingerprint density at radius 1 is 1.07 bits per heavy atom. The summed E-state index contributed by atoms with van der Waals surface area (Å²) in [5, 5.41) is 3.50. The molecular formula is C21H23NO4S3. The predicted octanol–water partition coefficient (Wildman–Crippen LogP) is 5.06. The number of thioether (sulfide) groups is 2. The summed E-state index contributed by atoms with van der Waals surface area (Å²) in [6, 6.07) is 6.13. The van der Waals surface area contributed by atoms with Gasteiger partial charge < -0.3 is 14.8 Å². The predicted molar refractivity (Wildman–Crippen MR) is 124 cm³/mol. The van der Waals surface area contributed by atoms with Crippen LogP contribution in [0.4, 0.5) is 5.69 Å². The number of esters is 2. The monoisotopic (exact) mass is 449 g/mol. The first kappa shape index (κ1) is 21.9. The van der Waals surface area contributed by atoms with Crippen LogP contribution in [0, 0.1) is 6.92 Å². The maximum atomic E-state index is 12.5. The van der Waals surface area contributed by atoms with E-state index < -0.39 is 17.5 Å². The number of ether oxygens (including phenoxy) is 2. The third-order valence-corrected chi connectivity index (χ3v) is 7.68. The van der Waals surface area contributed by atoms with E-state index in [-0.39, 0.29) is 23.0 Å². The Morgan fingerprint density at radius 3 is 2.14 bits per heavy atom. The number of aryl methyl sites for hydroxylation is 1. The van der Waals surface area contributed by atoms with Crippen molar-refractivity contribution in [2.75, 3.05) is 18.5 Å². The van der Waals surface area contributed by atoms with E-state index in [1.807, 2.05) is 32.9 Å². The zero-order valence-electron chi connectivity index (χ0n) is 17.0. The van der Waals surface area contributed by atoms with Crippen LogP contribution in [0.15, 0.2) is 32.2 Å². The van der Waals surface area contributed by atoms with Crippen LogP contribution in [0.3, 0.4) is 0 Å². The summed E-state index contributed by atoms with van der Waals surface area (Å²) >= 11 is 8.28. The van der Waals surface area contributed by atoms with E-state index in [2.05, 4.69) is 11.4 Å². The molecule has 8 heteroatoms. The van der Waals surface area contributed by atoms with Crippen LogP contribution in [0.5, 0.6) is 0 Å². The summed E-state index contributed by atoms with van der Waals surface area (Å²) < 4.78 is 11.1. The van der Waals surface area contributed by atoms with Crippen molar-refractivity contribution in [2.45, 2.75) is 40.2 Å². The molecule has 0 radical (unpaired) electrons. The average molecular weight is 450 g/mol. The highest BCUT2D eigenvalue weighted by atomic mass is 32.2. The zero-order valence-corrected chi connectivity index (χ0v) is 19.5. The van der Waals surface area contributed by atoms with Crippen LogP contribution >= 0.6 is 35.7 Å². The number of hydrogen-bond acceptors (Lipinski definition) is 8. The first-order chi connectivity index (χ1) is 13.7. The summed E-state index contributed by atoms with van der Waals surface area (Å²) in [6.45, 7) is 10.0. The Bertz CT molecular complexity index is 931. The van der Waals surface area contributed by atoms with Gasteiger partial charge in [-0.3, -0.25) is 0 Å². The molecule has 2 aliphatic rings. The lowest BCUT2D eigenvalue weighted by Crippen LogP contribution is -2.43. The number of carbonyl (C=O) groups excluding carboxylic acids is 2. The van der Waals surface area contributed by atoms with Crippen LogP contribution < -0.4 is 5.32 Å². The summed E-state index contributed by atoms with van der Waals surface area (Å²) in [5.41, 5.74) is 3.50. The van der Waals surface area contributed by atoms with E-state index in [4.69, 9.17) is 21.7 Å². The molecule has 2 aliphatic heterocycles. The van der Waals surface area contributed by atoms with Gasteiger partial charge in [-0.25, -0.2) is 9.59 Å². The van der Waals surface area contributed by atoms with E-state index >= 15 is 0 Å². The second kappa shape index (κ2) is 8.53. The van der Waals surface area contributed by atoms with Crippen LogP contribution in [-0.4, -0.2) is 35.6 Å². The minimum absolute atomic E-state index is 0.229. The molecular weight excluding hydrogens is 426 g/mol. The molecule has 0 bridgehead atoms. The normalized spacial score (nSPS) is 17.8. The first-order valence-electron chi connectivity index (χ1n) is 9.32. The zero-order chi connectivity index (χ0) is 21.3. The highest BCUT2D eigenvalue weighted by molar-refractivity contribution is 8.29. The highest BCUT2D eigenvalue weighted by Gasteiger charge is 2.40. The Morgan fingerprint density at radius 2 is 1.62 bits per heavy atom. The quantitative estimate of drug-likeness (QED) is 0.389. The first-order valence-corrected chi connectivity index (χ1v) is 11.4. The molecule has 0 spiro atoms. The second-order valence-corrected chi connectivity index (χ2v) is 9.80. The molecule has 154 valence electrons. The van der Waals surface area contributed by atoms with E-state index in [1.165, 1.54) is 23.5 Å². The molecule has 0 amide bonds. The van der Waals surface area contributed by atoms with Crippen LogP contribution in [0.25, 0.3) is 5.57 Å². The summed E-state index contributed by atoms with van der Waals surface area (Å²) in [5.74, 6) is -1.04. The van der Waals surface area contributed by atoms with Crippen molar-refractivity contribution in [3.63, 3.8) is 0 Å². The van der Waals surface area contributed by atoms with Gasteiger partial charge >= 0.3 is 11.9 Å². The number of nitrogens with one attached hydrogen (secondary N) is 1. The van der Waals surface area contributed by atoms with Crippen molar-refractivity contribution in [1.29, 1.82) is 0 Å². The Labute approximate surface area is 184 Å². The fraction of sp³-hybridized carbons (Fsp3) is 0.381. The topological polar surface area (TPSA) is 64.6 Å². The molecule has 2 heterocycles. The van der Waals surface area contributed by atoms with Gasteiger partial charge in [-0.2, -0.15) is 0 Å². The smallest absolute Gasteiger partial charge is 0.346 e. The molecule has 5 nitrogen and oxygen atoms in total. The van der Waals surface area contributed by atoms with Crippen LogP contribution in [0.1, 0.15) is 38.8 Å². The third kappa shape index (κ3) is 4.25. The Hall–Kier alpha value is -1.77. The van der Waals surface area contributed by atoms with E-state index in [0.717, 1.165) is 31.5 Å². The third-order valence-electron chi connectivity index (χ3n) is 4.41. The summed E-state index contributed by atoms with van der Waals surface area (Å²) in [7, 11) is 0. The van der Waals surface area contributed by atoms with Crippen LogP contribution in [-0.2, 0) is 19.1 Å².